The zero-order chi connectivity index (χ0) is 11.0. The molecule has 0 spiro atoms. The molecule has 0 saturated carbocycles. The SMILES string of the molecule is CCC(CC)N(CCO)CC(Cl)=CCl. The molecule has 0 radical (unpaired) electrons. The number of aliphatic hydroxyl groups is 1. The fraction of sp³-hybridized carbons (Fsp3) is 0.800. The molecular weight excluding hydrogens is 221 g/mol. The number of rotatable bonds is 7. The minimum absolute atomic E-state index is 0.156. The molecule has 0 aliphatic rings. The molecule has 84 valence electrons. The molecule has 1 N–H and O–H groups in total. The highest BCUT2D eigenvalue weighted by atomic mass is 35.5. The first kappa shape index (κ1) is 14.2. The Morgan fingerprint density at radius 3 is 2.36 bits per heavy atom. The van der Waals surface area contributed by atoms with Crippen molar-refractivity contribution in [2.24, 2.45) is 0 Å². The molecule has 0 fully saturated rings. The molecular formula is C10H19Cl2NO. The van der Waals surface area contributed by atoms with Crippen molar-refractivity contribution >= 4 is 23.2 Å². The largest absolute Gasteiger partial charge is 0.395 e. The van der Waals surface area contributed by atoms with Crippen molar-refractivity contribution in [2.75, 3.05) is 19.7 Å². The first-order chi connectivity index (χ1) is 6.69. The summed E-state index contributed by atoms with van der Waals surface area (Å²) in [5.74, 6) is 0. The van der Waals surface area contributed by atoms with E-state index in [1.165, 1.54) is 5.54 Å². The Morgan fingerprint density at radius 2 is 2.00 bits per heavy atom. The van der Waals surface area contributed by atoms with Crippen LogP contribution in [-0.2, 0) is 0 Å². The second-order valence-corrected chi connectivity index (χ2v) is 3.92. The normalized spacial score (nSPS) is 12.9. The summed E-state index contributed by atoms with van der Waals surface area (Å²) >= 11 is 11.4. The monoisotopic (exact) mass is 239 g/mol. The van der Waals surface area contributed by atoms with Gasteiger partial charge in [-0.2, -0.15) is 0 Å². The van der Waals surface area contributed by atoms with Crippen LogP contribution >= 0.6 is 23.2 Å². The molecule has 0 atom stereocenters. The third kappa shape index (κ3) is 5.20. The quantitative estimate of drug-likeness (QED) is 0.739. The van der Waals surface area contributed by atoms with Gasteiger partial charge < -0.3 is 5.11 Å². The smallest absolute Gasteiger partial charge is 0.0558 e. The maximum Gasteiger partial charge on any atom is 0.0558 e. The Bertz CT molecular complexity index is 170. The van der Waals surface area contributed by atoms with Crippen LogP contribution in [0, 0.1) is 0 Å². The van der Waals surface area contributed by atoms with Crippen molar-refractivity contribution in [1.29, 1.82) is 0 Å². The lowest BCUT2D eigenvalue weighted by molar-refractivity contribution is 0.156. The lowest BCUT2D eigenvalue weighted by Crippen LogP contribution is -2.37. The Labute approximate surface area is 96.5 Å². The highest BCUT2D eigenvalue weighted by Crippen LogP contribution is 2.13. The molecule has 0 aliphatic carbocycles. The molecule has 2 nitrogen and oxygen atoms in total. The van der Waals surface area contributed by atoms with Crippen molar-refractivity contribution in [1.82, 2.24) is 4.90 Å². The van der Waals surface area contributed by atoms with Crippen LogP contribution in [0.2, 0.25) is 0 Å². The molecule has 14 heavy (non-hydrogen) atoms. The summed E-state index contributed by atoms with van der Waals surface area (Å²) in [6, 6.07) is 0.465. The van der Waals surface area contributed by atoms with Gasteiger partial charge in [-0.25, -0.2) is 0 Å². The summed E-state index contributed by atoms with van der Waals surface area (Å²) in [5.41, 5.74) is 1.38. The standard InChI is InChI=1S/C10H19Cl2NO/c1-3-10(4-2)13(5-6-14)8-9(12)7-11/h7,10,14H,3-6,8H2,1-2H3. The van der Waals surface area contributed by atoms with E-state index >= 15 is 0 Å². The van der Waals surface area contributed by atoms with Gasteiger partial charge in [0, 0.05) is 29.7 Å². The maximum atomic E-state index is 8.92. The van der Waals surface area contributed by atoms with Crippen LogP contribution in [0.5, 0.6) is 0 Å². The van der Waals surface area contributed by atoms with Crippen LogP contribution in [0.3, 0.4) is 0 Å². The summed E-state index contributed by atoms with van der Waals surface area (Å²) in [6.45, 7) is 5.70. The number of nitrogens with zero attached hydrogens (tertiary/aromatic N) is 1. The lowest BCUT2D eigenvalue weighted by Gasteiger charge is -2.29. The molecule has 0 unspecified atom stereocenters. The van der Waals surface area contributed by atoms with Crippen LogP contribution in [0.15, 0.2) is 10.6 Å². The van der Waals surface area contributed by atoms with Crippen LogP contribution in [0.4, 0.5) is 0 Å². The van der Waals surface area contributed by atoms with Crippen molar-refractivity contribution in [2.45, 2.75) is 32.7 Å². The third-order valence-electron chi connectivity index (χ3n) is 2.32. The minimum Gasteiger partial charge on any atom is -0.395 e. The van der Waals surface area contributed by atoms with Gasteiger partial charge in [0.25, 0.3) is 0 Å². The summed E-state index contributed by atoms with van der Waals surface area (Å²) in [4.78, 5) is 2.15. The second-order valence-electron chi connectivity index (χ2n) is 3.22. The van der Waals surface area contributed by atoms with Crippen LogP contribution in [0.25, 0.3) is 0 Å². The van der Waals surface area contributed by atoms with Crippen molar-refractivity contribution in [3.05, 3.63) is 10.6 Å². The third-order valence-corrected chi connectivity index (χ3v) is 2.92. The Balaban J connectivity index is 4.25. The molecule has 0 aliphatic heterocycles. The van der Waals surface area contributed by atoms with E-state index in [1.807, 2.05) is 0 Å². The van der Waals surface area contributed by atoms with E-state index < -0.39 is 0 Å². The zero-order valence-electron chi connectivity index (χ0n) is 8.84. The van der Waals surface area contributed by atoms with Gasteiger partial charge in [0.15, 0.2) is 0 Å². The van der Waals surface area contributed by atoms with Gasteiger partial charge in [-0.3, -0.25) is 4.90 Å². The average molecular weight is 240 g/mol. The van der Waals surface area contributed by atoms with Crippen molar-refractivity contribution in [3.63, 3.8) is 0 Å². The van der Waals surface area contributed by atoms with Gasteiger partial charge in [0.1, 0.15) is 0 Å². The number of aliphatic hydroxyl groups excluding tert-OH is 1. The summed E-state index contributed by atoms with van der Waals surface area (Å²) in [5, 5.41) is 9.54. The Kier molecular flexibility index (Phi) is 8.69. The van der Waals surface area contributed by atoms with E-state index in [0.717, 1.165) is 12.8 Å². The predicted octanol–water partition coefficient (Wildman–Crippen LogP) is 2.79. The topological polar surface area (TPSA) is 23.5 Å². The second kappa shape index (κ2) is 8.54. The minimum atomic E-state index is 0.156. The molecule has 4 heteroatoms. The number of hydrogen-bond acceptors (Lipinski definition) is 2. The fourth-order valence-electron chi connectivity index (χ4n) is 1.55. The summed E-state index contributed by atoms with van der Waals surface area (Å²) < 4.78 is 0. The van der Waals surface area contributed by atoms with E-state index in [1.54, 1.807) is 0 Å². The van der Waals surface area contributed by atoms with Gasteiger partial charge in [-0.05, 0) is 12.8 Å². The van der Waals surface area contributed by atoms with Gasteiger partial charge in [-0.15, -0.1) is 0 Å². The van der Waals surface area contributed by atoms with Gasteiger partial charge in [-0.1, -0.05) is 37.0 Å². The van der Waals surface area contributed by atoms with E-state index in [0.29, 0.717) is 24.2 Å². The molecule has 0 bridgehead atoms. The van der Waals surface area contributed by atoms with Crippen LogP contribution < -0.4 is 0 Å². The van der Waals surface area contributed by atoms with Crippen LogP contribution in [-0.4, -0.2) is 35.7 Å². The number of halogens is 2. The first-order valence-corrected chi connectivity index (χ1v) is 5.80. The van der Waals surface area contributed by atoms with Gasteiger partial charge >= 0.3 is 0 Å². The van der Waals surface area contributed by atoms with E-state index in [2.05, 4.69) is 18.7 Å². The zero-order valence-corrected chi connectivity index (χ0v) is 10.4. The number of hydrogen-bond donors (Lipinski definition) is 1. The first-order valence-electron chi connectivity index (χ1n) is 4.99. The van der Waals surface area contributed by atoms with E-state index in [9.17, 15) is 0 Å². The van der Waals surface area contributed by atoms with Gasteiger partial charge in [0.2, 0.25) is 0 Å². The summed E-state index contributed by atoms with van der Waals surface area (Å²) in [6.07, 6.45) is 2.12. The van der Waals surface area contributed by atoms with E-state index in [-0.39, 0.29) is 6.61 Å². The molecule has 0 heterocycles. The maximum absolute atomic E-state index is 8.92. The van der Waals surface area contributed by atoms with Crippen molar-refractivity contribution < 1.29 is 5.11 Å². The van der Waals surface area contributed by atoms with Gasteiger partial charge in [0.05, 0.1) is 6.61 Å². The van der Waals surface area contributed by atoms with E-state index in [4.69, 9.17) is 28.3 Å². The van der Waals surface area contributed by atoms with Crippen LogP contribution in [0.1, 0.15) is 26.7 Å². The highest BCUT2D eigenvalue weighted by Gasteiger charge is 2.14. The molecule has 0 saturated heterocycles. The van der Waals surface area contributed by atoms with Crippen molar-refractivity contribution in [3.8, 4) is 0 Å². The highest BCUT2D eigenvalue weighted by molar-refractivity contribution is 6.36. The molecule has 0 aromatic carbocycles. The molecule has 0 aromatic rings. The molecule has 0 aromatic heterocycles. The average Bonchev–Trinajstić information content (AvgIpc) is 2.19. The summed E-state index contributed by atoms with van der Waals surface area (Å²) in [7, 11) is 0. The molecule has 0 rings (SSSR count). The Hall–Kier alpha value is 0.240. The molecule has 0 amide bonds. The fourth-order valence-corrected chi connectivity index (χ4v) is 1.78. The lowest BCUT2D eigenvalue weighted by atomic mass is 10.1. The Morgan fingerprint density at radius 1 is 1.43 bits per heavy atom. The predicted molar refractivity (Wildman–Crippen MR) is 62.8 cm³/mol.